The van der Waals surface area contributed by atoms with E-state index in [0.717, 1.165) is 11.3 Å². The molecule has 1 aliphatic heterocycles. The van der Waals surface area contributed by atoms with Crippen LogP contribution in [0.2, 0.25) is 0 Å². The molecule has 1 heterocycles. The number of hydrogen-bond donors (Lipinski definition) is 0. The number of benzene rings is 1. The van der Waals surface area contributed by atoms with E-state index in [9.17, 15) is 13.2 Å². The predicted octanol–water partition coefficient (Wildman–Crippen LogP) is 2.71. The van der Waals surface area contributed by atoms with Crippen molar-refractivity contribution in [3.8, 4) is 0 Å². The fourth-order valence-corrected chi connectivity index (χ4v) is 5.88. The molecule has 0 N–H and O–H groups in total. The molecule has 2 rings (SSSR count). The Hall–Kier alpha value is -0.530. The molecule has 1 aliphatic rings. The van der Waals surface area contributed by atoms with Crippen molar-refractivity contribution >= 4 is 43.4 Å². The average Bonchev–Trinajstić information content (AvgIpc) is 2.46. The van der Waals surface area contributed by atoms with Crippen LogP contribution in [0.3, 0.4) is 0 Å². The van der Waals surface area contributed by atoms with Crippen molar-refractivity contribution in [2.75, 3.05) is 23.8 Å². The minimum absolute atomic E-state index is 0.0527. The molecule has 0 spiro atoms. The molecule has 0 bridgehead atoms. The fourth-order valence-electron chi connectivity index (χ4n) is 2.25. The number of nitrogens with zero attached hydrogens (tertiary/aromatic N) is 1. The highest BCUT2D eigenvalue weighted by atomic mass is 79.9. The second-order valence-corrected chi connectivity index (χ2v) is 9.41. The van der Waals surface area contributed by atoms with E-state index in [1.54, 1.807) is 24.8 Å². The van der Waals surface area contributed by atoms with Crippen molar-refractivity contribution in [3.63, 3.8) is 0 Å². The van der Waals surface area contributed by atoms with Gasteiger partial charge < -0.3 is 4.90 Å². The Balaban J connectivity index is 2.35. The van der Waals surface area contributed by atoms with Gasteiger partial charge in [0.15, 0.2) is 9.84 Å². The number of sulfone groups is 1. The van der Waals surface area contributed by atoms with Crippen LogP contribution in [-0.4, -0.2) is 48.4 Å². The lowest BCUT2D eigenvalue weighted by atomic mass is 10.1. The van der Waals surface area contributed by atoms with Crippen LogP contribution in [0.5, 0.6) is 0 Å². The van der Waals surface area contributed by atoms with E-state index in [1.165, 1.54) is 4.90 Å². The molecule has 1 unspecified atom stereocenters. The minimum atomic E-state index is -3.28. The second-order valence-electron chi connectivity index (χ2n) is 4.96. The number of carbonyl (C=O) groups is 1. The quantitative estimate of drug-likeness (QED) is 0.794. The van der Waals surface area contributed by atoms with E-state index in [0.29, 0.717) is 22.3 Å². The normalized spacial score (nSPS) is 19.6. The van der Waals surface area contributed by atoms with Crippen molar-refractivity contribution < 1.29 is 13.2 Å². The first-order valence-electron chi connectivity index (χ1n) is 6.73. The maximum absolute atomic E-state index is 12.7. The number of hydrogen-bond acceptors (Lipinski definition) is 4. The van der Waals surface area contributed by atoms with Crippen LogP contribution >= 0.6 is 27.7 Å². The van der Waals surface area contributed by atoms with Gasteiger partial charge in [0, 0.05) is 28.3 Å². The zero-order chi connectivity index (χ0) is 15.6. The Labute approximate surface area is 138 Å². The molecule has 4 nitrogen and oxygen atoms in total. The molecule has 7 heteroatoms. The highest BCUT2D eigenvalue weighted by Crippen LogP contribution is 2.26. The van der Waals surface area contributed by atoms with Gasteiger partial charge in [0.05, 0.1) is 5.56 Å². The molecule has 1 aromatic carbocycles. The van der Waals surface area contributed by atoms with Gasteiger partial charge in [-0.15, -0.1) is 0 Å². The van der Waals surface area contributed by atoms with Crippen LogP contribution in [-0.2, 0) is 9.84 Å². The summed E-state index contributed by atoms with van der Waals surface area (Å²) in [5.74, 6) is 1.05. The van der Waals surface area contributed by atoms with E-state index in [-0.39, 0.29) is 11.7 Å². The first-order chi connectivity index (χ1) is 9.86. The first kappa shape index (κ1) is 16.8. The summed E-state index contributed by atoms with van der Waals surface area (Å²) in [5.41, 5.74) is 1.56. The number of thioether (sulfide) groups is 1. The van der Waals surface area contributed by atoms with Crippen LogP contribution in [0.15, 0.2) is 22.7 Å². The zero-order valence-corrected chi connectivity index (χ0v) is 15.2. The van der Waals surface area contributed by atoms with E-state index >= 15 is 0 Å². The molecule has 1 amide bonds. The predicted molar refractivity (Wildman–Crippen MR) is 90.5 cm³/mol. The zero-order valence-electron chi connectivity index (χ0n) is 12.0. The van der Waals surface area contributed by atoms with Gasteiger partial charge in [-0.2, -0.15) is 11.8 Å². The Morgan fingerprint density at radius 3 is 2.81 bits per heavy atom. The SMILES string of the molecule is CCS(=O)(=O)C1CSCCN1C(=O)c1ccc(C)cc1Br. The van der Waals surface area contributed by atoms with Crippen molar-refractivity contribution in [2.24, 2.45) is 0 Å². The van der Waals surface area contributed by atoms with Gasteiger partial charge in [-0.25, -0.2) is 8.42 Å². The Morgan fingerprint density at radius 2 is 2.19 bits per heavy atom. The summed E-state index contributed by atoms with van der Waals surface area (Å²) in [6.45, 7) is 4.04. The molecular formula is C14H18BrNO3S2. The van der Waals surface area contributed by atoms with E-state index in [4.69, 9.17) is 0 Å². The molecule has 21 heavy (non-hydrogen) atoms. The van der Waals surface area contributed by atoms with Gasteiger partial charge in [0.1, 0.15) is 5.37 Å². The third kappa shape index (κ3) is 3.63. The number of halogens is 1. The molecule has 116 valence electrons. The van der Waals surface area contributed by atoms with Gasteiger partial charge in [-0.05, 0) is 40.5 Å². The standard InChI is InChI=1S/C14H18BrNO3S2/c1-3-21(18,19)13-9-20-7-6-16(13)14(17)11-5-4-10(2)8-12(11)15/h4-5,8,13H,3,6-7,9H2,1-2H3. The topological polar surface area (TPSA) is 54.5 Å². The van der Waals surface area contributed by atoms with Gasteiger partial charge >= 0.3 is 0 Å². The van der Waals surface area contributed by atoms with Crippen LogP contribution in [0, 0.1) is 6.92 Å². The van der Waals surface area contributed by atoms with Gasteiger partial charge in [-0.1, -0.05) is 13.0 Å². The molecule has 0 aromatic heterocycles. The largest absolute Gasteiger partial charge is 0.320 e. The summed E-state index contributed by atoms with van der Waals surface area (Å²) in [7, 11) is -3.28. The van der Waals surface area contributed by atoms with Crippen molar-refractivity contribution in [1.29, 1.82) is 0 Å². The summed E-state index contributed by atoms with van der Waals surface area (Å²) >= 11 is 4.98. The van der Waals surface area contributed by atoms with Crippen LogP contribution in [0.4, 0.5) is 0 Å². The summed E-state index contributed by atoms with van der Waals surface area (Å²) in [4.78, 5) is 14.2. The molecule has 0 radical (unpaired) electrons. The van der Waals surface area contributed by atoms with Crippen molar-refractivity contribution in [2.45, 2.75) is 19.2 Å². The lowest BCUT2D eigenvalue weighted by Crippen LogP contribution is -2.50. The smallest absolute Gasteiger partial charge is 0.256 e. The number of carbonyl (C=O) groups excluding carboxylic acids is 1. The second kappa shape index (κ2) is 6.71. The lowest BCUT2D eigenvalue weighted by Gasteiger charge is -2.35. The molecule has 1 saturated heterocycles. The summed E-state index contributed by atoms with van der Waals surface area (Å²) in [5, 5.41) is -0.720. The Bertz CT molecular complexity index is 646. The lowest BCUT2D eigenvalue weighted by molar-refractivity contribution is 0.0748. The molecular weight excluding hydrogens is 374 g/mol. The molecule has 1 atom stereocenters. The maximum atomic E-state index is 12.7. The third-order valence-electron chi connectivity index (χ3n) is 3.52. The highest BCUT2D eigenvalue weighted by molar-refractivity contribution is 9.10. The van der Waals surface area contributed by atoms with Crippen LogP contribution in [0.1, 0.15) is 22.8 Å². The van der Waals surface area contributed by atoms with E-state index in [1.807, 2.05) is 19.1 Å². The van der Waals surface area contributed by atoms with E-state index < -0.39 is 15.2 Å². The van der Waals surface area contributed by atoms with Crippen LogP contribution in [0.25, 0.3) is 0 Å². The third-order valence-corrected chi connectivity index (χ3v) is 7.46. The summed E-state index contributed by atoms with van der Waals surface area (Å²) in [6.07, 6.45) is 0. The molecule has 1 aromatic rings. The maximum Gasteiger partial charge on any atom is 0.256 e. The van der Waals surface area contributed by atoms with Crippen molar-refractivity contribution in [1.82, 2.24) is 4.90 Å². The number of aryl methyl sites for hydroxylation is 1. The molecule has 0 saturated carbocycles. The fraction of sp³-hybridized carbons (Fsp3) is 0.500. The summed E-state index contributed by atoms with van der Waals surface area (Å²) < 4.78 is 25.1. The van der Waals surface area contributed by atoms with Crippen molar-refractivity contribution in [3.05, 3.63) is 33.8 Å². The monoisotopic (exact) mass is 391 g/mol. The van der Waals surface area contributed by atoms with Gasteiger partial charge in [0.2, 0.25) is 0 Å². The highest BCUT2D eigenvalue weighted by Gasteiger charge is 2.36. The molecule has 0 aliphatic carbocycles. The van der Waals surface area contributed by atoms with Gasteiger partial charge in [-0.3, -0.25) is 4.79 Å². The Kier molecular flexibility index (Phi) is 5.38. The number of rotatable bonds is 3. The summed E-state index contributed by atoms with van der Waals surface area (Å²) in [6, 6.07) is 5.48. The minimum Gasteiger partial charge on any atom is -0.320 e. The van der Waals surface area contributed by atoms with E-state index in [2.05, 4.69) is 15.9 Å². The average molecular weight is 392 g/mol. The Morgan fingerprint density at radius 1 is 1.48 bits per heavy atom. The molecule has 1 fully saturated rings. The van der Waals surface area contributed by atoms with Gasteiger partial charge in [0.25, 0.3) is 5.91 Å². The van der Waals surface area contributed by atoms with Crippen LogP contribution < -0.4 is 0 Å². The number of amides is 1. The first-order valence-corrected chi connectivity index (χ1v) is 10.4.